The zero-order valence-electron chi connectivity index (χ0n) is 16.4. The van der Waals surface area contributed by atoms with Gasteiger partial charge in [-0.1, -0.05) is 13.2 Å². The third kappa shape index (κ3) is 4.14. The van der Waals surface area contributed by atoms with Crippen LogP contribution in [0.5, 0.6) is 0 Å². The first kappa shape index (κ1) is 23.2. The van der Waals surface area contributed by atoms with Crippen LogP contribution in [0, 0.1) is 6.57 Å². The van der Waals surface area contributed by atoms with E-state index in [0.29, 0.717) is 0 Å². The van der Waals surface area contributed by atoms with Crippen LogP contribution in [0.2, 0.25) is 0 Å². The molecule has 0 aromatic rings. The number of carbonyl (C=O) groups excluding carboxylic acids is 5. The second-order valence-corrected chi connectivity index (χ2v) is 6.08. The van der Waals surface area contributed by atoms with E-state index in [1.807, 2.05) is 0 Å². The molecule has 0 aromatic carbocycles. The molecule has 1 N–H and O–H groups in total. The summed E-state index contributed by atoms with van der Waals surface area (Å²) in [6, 6.07) is -2.03. The highest BCUT2D eigenvalue weighted by Gasteiger charge is 2.64. The molecule has 1 saturated heterocycles. The van der Waals surface area contributed by atoms with E-state index in [1.54, 1.807) is 0 Å². The van der Waals surface area contributed by atoms with Crippen LogP contribution < -0.4 is 0 Å². The molecular formula is C18H19N5O8. The zero-order chi connectivity index (χ0) is 23.2. The Balaban J connectivity index is 2.50. The summed E-state index contributed by atoms with van der Waals surface area (Å²) < 4.78 is 9.84. The quantitative estimate of drug-likeness (QED) is 0.275. The summed E-state index contributed by atoms with van der Waals surface area (Å²) in [5, 5.41) is 9.67. The highest BCUT2D eigenvalue weighted by Crippen LogP contribution is 2.37. The predicted octanol–water partition coefficient (Wildman–Crippen LogP) is -0.501. The van der Waals surface area contributed by atoms with Gasteiger partial charge in [-0.15, -0.1) is 4.95 Å². The molecule has 2 aliphatic rings. The number of rotatable bonds is 10. The van der Waals surface area contributed by atoms with Gasteiger partial charge in [-0.05, 0) is 0 Å². The van der Waals surface area contributed by atoms with E-state index >= 15 is 0 Å². The van der Waals surface area contributed by atoms with Gasteiger partial charge in [0.1, 0.15) is 6.61 Å². The third-order valence-electron chi connectivity index (χ3n) is 4.53. The Kier molecular flexibility index (Phi) is 7.22. The van der Waals surface area contributed by atoms with Crippen molar-refractivity contribution in [3.63, 3.8) is 0 Å². The molecule has 2 rings (SSSR count). The van der Waals surface area contributed by atoms with E-state index in [0.717, 1.165) is 22.0 Å². The number of ether oxygens (including phenoxy) is 2. The first-order valence-electron chi connectivity index (χ1n) is 8.91. The summed E-state index contributed by atoms with van der Waals surface area (Å²) in [7, 11) is 0. The minimum atomic E-state index is -1.86. The van der Waals surface area contributed by atoms with Gasteiger partial charge in [0.05, 0.1) is 24.8 Å². The van der Waals surface area contributed by atoms with Gasteiger partial charge >= 0.3 is 29.9 Å². The van der Waals surface area contributed by atoms with E-state index in [4.69, 9.17) is 16.0 Å². The average molecular weight is 433 g/mol. The normalized spacial score (nSPS) is 20.1. The third-order valence-corrected chi connectivity index (χ3v) is 4.53. The summed E-state index contributed by atoms with van der Waals surface area (Å²) in [5.41, 5.74) is -2.32. The lowest BCUT2D eigenvalue weighted by molar-refractivity contribution is -0.141. The number of hydrogen-bond acceptors (Lipinski definition) is 8. The molecule has 2 aliphatic heterocycles. The predicted molar refractivity (Wildman–Crippen MR) is 102 cm³/mol. The molecule has 0 saturated carbocycles. The number of esters is 2. The smallest absolute Gasteiger partial charge is 0.398 e. The van der Waals surface area contributed by atoms with Crippen LogP contribution in [0.4, 0.5) is 9.59 Å². The molecule has 0 spiro atoms. The first-order chi connectivity index (χ1) is 14.8. The van der Waals surface area contributed by atoms with Crippen molar-refractivity contribution in [1.82, 2.24) is 14.8 Å². The zero-order valence-corrected chi connectivity index (χ0v) is 16.4. The Labute approximate surface area is 176 Å². The SMILES string of the molecule is [C-]#[N+]N1C(=O)C2=NC(=O)N(CCOC(=O)C=C)C2(CCOC(=O)C=C)N(CCO)C1=O. The summed E-state index contributed by atoms with van der Waals surface area (Å²) in [4.78, 5) is 69.5. The highest BCUT2D eigenvalue weighted by atomic mass is 16.5. The largest absolute Gasteiger partial charge is 0.462 e. The van der Waals surface area contributed by atoms with Gasteiger partial charge in [0.25, 0.3) is 0 Å². The first-order valence-corrected chi connectivity index (χ1v) is 8.91. The molecule has 5 amide bonds. The molecule has 0 radical (unpaired) electrons. The molecule has 1 fully saturated rings. The number of amides is 5. The number of aliphatic hydroxyl groups is 1. The molecule has 0 aromatic heterocycles. The van der Waals surface area contributed by atoms with Gasteiger partial charge in [-0.2, -0.15) is 11.6 Å². The molecule has 1 unspecified atom stereocenters. The summed E-state index contributed by atoms with van der Waals surface area (Å²) in [6.07, 6.45) is 1.52. The molecular weight excluding hydrogens is 414 g/mol. The number of imide groups is 1. The minimum absolute atomic E-state index is 0.191. The number of β-amino-alcohol motifs (C(OH)–C–C–N with tert-alkyl or cyclic N) is 1. The standard InChI is InChI=1S/C18H19N5O8/c1-4-12(25)30-10-6-18-14(15(27)23(19-3)17(29)22(18)7-9-24)20-16(28)21(18)8-11-31-13(26)5-2/h4-5,24H,1-2,6-11H2. The van der Waals surface area contributed by atoms with Crippen LogP contribution in [0.25, 0.3) is 4.95 Å². The van der Waals surface area contributed by atoms with Crippen LogP contribution in [0.15, 0.2) is 30.3 Å². The number of hydrogen-bond donors (Lipinski definition) is 1. The van der Waals surface area contributed by atoms with Crippen LogP contribution in [-0.4, -0.2) is 94.1 Å². The molecule has 13 nitrogen and oxygen atoms in total. The Morgan fingerprint density at radius 3 is 2.26 bits per heavy atom. The van der Waals surface area contributed by atoms with Gasteiger partial charge in [-0.3, -0.25) is 14.6 Å². The molecule has 0 aliphatic carbocycles. The molecule has 1 atom stereocenters. The number of fused-ring (bicyclic) bond motifs is 1. The maximum absolute atomic E-state index is 12.8. The topological polar surface area (TPSA) is 150 Å². The number of nitrogens with zero attached hydrogens (tertiary/aromatic N) is 5. The van der Waals surface area contributed by atoms with Gasteiger partial charge in [0, 0.05) is 25.1 Å². The molecule has 164 valence electrons. The lowest BCUT2D eigenvalue weighted by Crippen LogP contribution is -2.73. The minimum Gasteiger partial charge on any atom is -0.462 e. The van der Waals surface area contributed by atoms with E-state index in [2.05, 4.69) is 23.1 Å². The lowest BCUT2D eigenvalue weighted by atomic mass is 9.93. The van der Waals surface area contributed by atoms with Crippen molar-refractivity contribution in [3.05, 3.63) is 36.8 Å². The second-order valence-electron chi connectivity index (χ2n) is 6.08. The van der Waals surface area contributed by atoms with Crippen LogP contribution in [-0.2, 0) is 23.9 Å². The van der Waals surface area contributed by atoms with Crippen LogP contribution >= 0.6 is 0 Å². The lowest BCUT2D eigenvalue weighted by Gasteiger charge is -2.48. The van der Waals surface area contributed by atoms with Gasteiger partial charge in [-0.25, -0.2) is 19.2 Å². The fourth-order valence-electron chi connectivity index (χ4n) is 3.27. The number of aliphatic imine (C=N–C) groups is 1. The summed E-state index contributed by atoms with van der Waals surface area (Å²) in [6.45, 7) is 11.7. The molecule has 31 heavy (non-hydrogen) atoms. The fraction of sp³-hybridized carbons (Fsp3) is 0.389. The van der Waals surface area contributed by atoms with Crippen LogP contribution in [0.1, 0.15) is 6.42 Å². The second kappa shape index (κ2) is 9.63. The Morgan fingerprint density at radius 2 is 1.71 bits per heavy atom. The molecule has 13 heteroatoms. The van der Waals surface area contributed by atoms with Crippen molar-refractivity contribution in [1.29, 1.82) is 0 Å². The van der Waals surface area contributed by atoms with Crippen LogP contribution in [0.3, 0.4) is 0 Å². The van der Waals surface area contributed by atoms with E-state index < -0.39 is 47.9 Å². The Morgan fingerprint density at radius 1 is 1.10 bits per heavy atom. The molecule has 0 bridgehead atoms. The Hall–Kier alpha value is -4.05. The van der Waals surface area contributed by atoms with Crippen molar-refractivity contribution in [2.24, 2.45) is 4.99 Å². The maximum Gasteiger partial charge on any atom is 0.398 e. The van der Waals surface area contributed by atoms with Crippen molar-refractivity contribution in [2.75, 3.05) is 32.9 Å². The Bertz CT molecular complexity index is 907. The van der Waals surface area contributed by atoms with Crippen molar-refractivity contribution >= 4 is 35.6 Å². The summed E-state index contributed by atoms with van der Waals surface area (Å²) in [5.74, 6) is -2.66. The number of urea groups is 2. The van der Waals surface area contributed by atoms with E-state index in [1.165, 1.54) is 0 Å². The van der Waals surface area contributed by atoms with Crippen molar-refractivity contribution in [2.45, 2.75) is 12.1 Å². The average Bonchev–Trinajstić information content (AvgIpc) is 3.04. The number of aliphatic hydroxyl groups excluding tert-OH is 1. The van der Waals surface area contributed by atoms with Gasteiger partial charge in [0.2, 0.25) is 0 Å². The highest BCUT2D eigenvalue weighted by molar-refractivity contribution is 6.49. The van der Waals surface area contributed by atoms with E-state index in [-0.39, 0.29) is 37.7 Å². The van der Waals surface area contributed by atoms with E-state index in [9.17, 15) is 29.1 Å². The van der Waals surface area contributed by atoms with Gasteiger partial charge < -0.3 is 14.6 Å². The molecule has 2 heterocycles. The monoisotopic (exact) mass is 433 g/mol. The summed E-state index contributed by atoms with van der Waals surface area (Å²) >= 11 is 0. The van der Waals surface area contributed by atoms with Crippen molar-refractivity contribution in [3.8, 4) is 0 Å². The van der Waals surface area contributed by atoms with Gasteiger partial charge in [0.15, 0.2) is 11.4 Å². The number of carbonyl (C=O) groups is 5. The van der Waals surface area contributed by atoms with Crippen molar-refractivity contribution < 1.29 is 38.6 Å². The maximum atomic E-state index is 12.8. The fourth-order valence-corrected chi connectivity index (χ4v) is 3.27.